The molecule has 244 valence electrons. The lowest BCUT2D eigenvalue weighted by Gasteiger charge is -2.34. The average Bonchev–Trinajstić information content (AvgIpc) is 3.55. The van der Waals surface area contributed by atoms with Crippen LogP contribution in [0, 0.1) is 11.3 Å². The molecule has 12 nitrogen and oxygen atoms in total. The zero-order valence-corrected chi connectivity index (χ0v) is 23.8. The lowest BCUT2D eigenvalue weighted by Crippen LogP contribution is -2.52. The van der Waals surface area contributed by atoms with Crippen LogP contribution in [0.3, 0.4) is 0 Å². The summed E-state index contributed by atoms with van der Waals surface area (Å²) in [5.41, 5.74) is 2.24. The van der Waals surface area contributed by atoms with Gasteiger partial charge in [0, 0.05) is 42.5 Å². The first kappa shape index (κ1) is 34.9. The number of fused-ring (bicyclic) bond motifs is 1. The van der Waals surface area contributed by atoms with Gasteiger partial charge >= 0.3 is 24.3 Å². The normalized spacial score (nSPS) is 15.7. The Hall–Kier alpha value is -4.63. The van der Waals surface area contributed by atoms with Crippen molar-refractivity contribution in [2.45, 2.75) is 50.2 Å². The van der Waals surface area contributed by atoms with Crippen LogP contribution in [-0.2, 0) is 9.59 Å². The van der Waals surface area contributed by atoms with Gasteiger partial charge in [0.05, 0.1) is 29.1 Å². The number of rotatable bonds is 5. The highest BCUT2D eigenvalue weighted by atomic mass is 19.4. The summed E-state index contributed by atoms with van der Waals surface area (Å²) in [7, 11) is 0. The number of aliphatic carboxylic acids is 2. The second-order valence-corrected chi connectivity index (χ2v) is 10.8. The number of piperazine rings is 1. The Kier molecular flexibility index (Phi) is 10.2. The Morgan fingerprint density at radius 3 is 2.16 bits per heavy atom. The molecule has 1 saturated heterocycles. The first-order valence-electron chi connectivity index (χ1n) is 13.1. The molecule has 1 spiro atoms. The molecule has 1 aliphatic carbocycles. The average molecular weight is 647 g/mol. The summed E-state index contributed by atoms with van der Waals surface area (Å²) in [6.45, 7) is 6.44. The van der Waals surface area contributed by atoms with Crippen molar-refractivity contribution in [3.63, 3.8) is 0 Å². The third-order valence-corrected chi connectivity index (χ3v) is 6.40. The van der Waals surface area contributed by atoms with Gasteiger partial charge in [-0.15, -0.1) is 0 Å². The summed E-state index contributed by atoms with van der Waals surface area (Å²) in [5.74, 6) is -3.98. The van der Waals surface area contributed by atoms with Gasteiger partial charge < -0.3 is 30.3 Å². The van der Waals surface area contributed by atoms with E-state index in [4.69, 9.17) is 29.5 Å². The molecule has 45 heavy (non-hydrogen) atoms. The molecule has 0 unspecified atom stereocenters. The molecule has 0 amide bonds. The van der Waals surface area contributed by atoms with Gasteiger partial charge in [-0.05, 0) is 44.9 Å². The van der Waals surface area contributed by atoms with Crippen LogP contribution in [0.1, 0.15) is 32.3 Å². The topological polar surface area (TPSA) is 173 Å². The van der Waals surface area contributed by atoms with Crippen LogP contribution in [0.2, 0.25) is 0 Å². The Balaban J connectivity index is 0.000000331. The first-order valence-corrected chi connectivity index (χ1v) is 13.1. The van der Waals surface area contributed by atoms with E-state index in [2.05, 4.69) is 21.4 Å². The smallest absolute Gasteiger partial charge is 0.489 e. The second-order valence-electron chi connectivity index (χ2n) is 10.8. The van der Waals surface area contributed by atoms with Crippen LogP contribution < -0.4 is 15.0 Å². The maximum Gasteiger partial charge on any atom is 0.490 e. The highest BCUT2D eigenvalue weighted by Gasteiger charge is 2.45. The number of pyridine rings is 2. The molecule has 4 heterocycles. The van der Waals surface area contributed by atoms with Crippen molar-refractivity contribution in [3.05, 3.63) is 42.4 Å². The van der Waals surface area contributed by atoms with Crippen molar-refractivity contribution < 1.29 is 56.0 Å². The van der Waals surface area contributed by atoms with Crippen molar-refractivity contribution in [2.75, 3.05) is 31.1 Å². The maximum absolute atomic E-state index is 10.6. The number of ether oxygens (including phenoxy) is 1. The quantitative estimate of drug-likeness (QED) is 0.298. The molecule has 3 aromatic rings. The van der Waals surface area contributed by atoms with Crippen LogP contribution in [0.4, 0.5) is 32.2 Å². The summed E-state index contributed by atoms with van der Waals surface area (Å²) in [6, 6.07) is 8.17. The van der Waals surface area contributed by atoms with Gasteiger partial charge in [-0.2, -0.15) is 36.7 Å². The van der Waals surface area contributed by atoms with Gasteiger partial charge in [-0.25, -0.2) is 19.1 Å². The fourth-order valence-electron chi connectivity index (χ4n) is 4.11. The van der Waals surface area contributed by atoms with E-state index in [0.29, 0.717) is 16.8 Å². The van der Waals surface area contributed by atoms with E-state index >= 15 is 0 Å². The first-order chi connectivity index (χ1) is 20.7. The van der Waals surface area contributed by atoms with Crippen LogP contribution in [-0.4, -0.2) is 91.6 Å². The molecule has 4 N–H and O–H groups in total. The monoisotopic (exact) mass is 646 g/mol. The molecular formula is C27H28F6N6O6. The number of hydrogen-bond acceptors (Lipinski definition) is 9. The third kappa shape index (κ3) is 9.68. The van der Waals surface area contributed by atoms with Crippen LogP contribution >= 0.6 is 0 Å². The van der Waals surface area contributed by atoms with Gasteiger partial charge in [0.1, 0.15) is 24.2 Å². The highest BCUT2D eigenvalue weighted by molar-refractivity contribution is 5.85. The van der Waals surface area contributed by atoms with E-state index < -0.39 is 29.9 Å². The molecule has 2 aliphatic rings. The molecule has 5 rings (SSSR count). The predicted octanol–water partition coefficient (Wildman–Crippen LogP) is 3.63. The number of alkyl halides is 6. The van der Waals surface area contributed by atoms with Crippen LogP contribution in [0.25, 0.3) is 16.6 Å². The van der Waals surface area contributed by atoms with E-state index in [9.17, 15) is 36.7 Å². The van der Waals surface area contributed by atoms with Crippen molar-refractivity contribution in [2.24, 2.45) is 0 Å². The standard InChI is InChI=1S/C23H26N6O2.2C2HF3O2/c1-22(2,30)15-31-18-9-19(21-17(10-24)12-27-29(21)13-18)16-3-4-20(25-11-16)28-8-7-26-23(14-28)5-6-23;2*3-2(4,5)1(6)7/h3-4,9,11-13,26,30H,5-8,14-15H2,1-2H3;2*(H,6,7). The number of anilines is 1. The molecular weight excluding hydrogens is 618 g/mol. The maximum atomic E-state index is 10.6. The summed E-state index contributed by atoms with van der Waals surface area (Å²) in [6.07, 6.45) is -2.58. The lowest BCUT2D eigenvalue weighted by atomic mass is 10.0. The van der Waals surface area contributed by atoms with Crippen molar-refractivity contribution in [1.82, 2.24) is 19.9 Å². The van der Waals surface area contributed by atoms with Crippen molar-refractivity contribution in [1.29, 1.82) is 5.26 Å². The van der Waals surface area contributed by atoms with E-state index in [1.165, 1.54) is 12.8 Å². The zero-order chi connectivity index (χ0) is 33.8. The van der Waals surface area contributed by atoms with Crippen molar-refractivity contribution in [3.8, 4) is 22.9 Å². The number of carboxylic acid groups (broad SMARTS) is 2. The minimum absolute atomic E-state index is 0.145. The van der Waals surface area contributed by atoms with Gasteiger partial charge in [0.25, 0.3) is 0 Å². The number of aromatic nitrogens is 3. The van der Waals surface area contributed by atoms with Crippen molar-refractivity contribution >= 4 is 23.3 Å². The Morgan fingerprint density at radius 1 is 1.09 bits per heavy atom. The number of aliphatic hydroxyl groups is 1. The Morgan fingerprint density at radius 2 is 1.69 bits per heavy atom. The van der Waals surface area contributed by atoms with E-state index in [1.807, 2.05) is 24.4 Å². The minimum atomic E-state index is -5.08. The zero-order valence-electron chi connectivity index (χ0n) is 23.8. The minimum Gasteiger partial charge on any atom is -0.489 e. The highest BCUT2D eigenvalue weighted by Crippen LogP contribution is 2.39. The number of carbonyl (C=O) groups is 2. The molecule has 0 radical (unpaired) electrons. The van der Waals surface area contributed by atoms with E-state index in [0.717, 1.165) is 36.6 Å². The van der Waals surface area contributed by atoms with E-state index in [-0.39, 0.29) is 12.1 Å². The Labute approximate surface area is 251 Å². The number of nitriles is 1. The molecule has 2 fully saturated rings. The molecule has 18 heteroatoms. The molecule has 1 aliphatic heterocycles. The molecule has 0 bridgehead atoms. The number of nitrogens with one attached hydrogen (secondary N) is 1. The summed E-state index contributed by atoms with van der Waals surface area (Å²) < 4.78 is 70.9. The van der Waals surface area contributed by atoms with Gasteiger partial charge in [0.15, 0.2) is 0 Å². The number of nitrogens with zero attached hydrogens (tertiary/aromatic N) is 5. The number of hydrogen-bond donors (Lipinski definition) is 4. The predicted molar refractivity (Wildman–Crippen MR) is 144 cm³/mol. The fraction of sp³-hybridized carbons (Fsp3) is 0.444. The van der Waals surface area contributed by atoms with Gasteiger partial charge in [-0.3, -0.25) is 0 Å². The SMILES string of the molecule is CC(C)(O)COc1cc(-c2ccc(N3CCNC4(CC4)C3)nc2)c2c(C#N)cnn2c1.O=C(O)C(F)(F)F.O=C(O)C(F)(F)F. The summed E-state index contributed by atoms with van der Waals surface area (Å²) in [5, 5.41) is 41.7. The van der Waals surface area contributed by atoms with Crippen LogP contribution in [0.5, 0.6) is 5.75 Å². The summed E-state index contributed by atoms with van der Waals surface area (Å²) >= 11 is 0. The molecule has 1 saturated carbocycles. The van der Waals surface area contributed by atoms with Crippen LogP contribution in [0.15, 0.2) is 36.8 Å². The number of carboxylic acids is 2. The molecule has 0 atom stereocenters. The largest absolute Gasteiger partial charge is 0.490 e. The second kappa shape index (κ2) is 13.2. The number of halogens is 6. The molecule has 0 aromatic carbocycles. The van der Waals surface area contributed by atoms with Gasteiger partial charge in [0.2, 0.25) is 0 Å². The molecule has 3 aromatic heterocycles. The van der Waals surface area contributed by atoms with E-state index in [1.54, 1.807) is 30.8 Å². The fourth-order valence-corrected chi connectivity index (χ4v) is 4.11. The lowest BCUT2D eigenvalue weighted by molar-refractivity contribution is -0.193. The van der Waals surface area contributed by atoms with Gasteiger partial charge in [-0.1, -0.05) is 0 Å². The third-order valence-electron chi connectivity index (χ3n) is 6.40. The Bertz CT molecular complexity index is 1530. The summed E-state index contributed by atoms with van der Waals surface area (Å²) in [4.78, 5) is 24.9.